The zero-order valence-electron chi connectivity index (χ0n) is 5.55. The van der Waals surface area contributed by atoms with Crippen molar-refractivity contribution in [2.45, 2.75) is 6.04 Å². The standard InChI is InChI=1S/C5H11N3O2/c9-5(8-10)4-3-6-1-2-7-4/h4,6-7,10H,1-3H2,(H,8,9). The van der Waals surface area contributed by atoms with E-state index in [4.69, 9.17) is 5.21 Å². The lowest BCUT2D eigenvalue weighted by atomic mass is 10.2. The number of carbonyl (C=O) groups is 1. The first-order valence-corrected chi connectivity index (χ1v) is 3.22. The molecule has 5 heteroatoms. The molecule has 0 aromatic heterocycles. The van der Waals surface area contributed by atoms with Crippen molar-refractivity contribution < 1.29 is 10.0 Å². The molecule has 0 saturated carbocycles. The van der Waals surface area contributed by atoms with E-state index in [0.717, 1.165) is 13.1 Å². The number of nitrogens with one attached hydrogen (secondary N) is 3. The molecule has 10 heavy (non-hydrogen) atoms. The Morgan fingerprint density at radius 2 is 2.40 bits per heavy atom. The normalized spacial score (nSPS) is 25.9. The molecule has 1 aliphatic heterocycles. The summed E-state index contributed by atoms with van der Waals surface area (Å²) in [7, 11) is 0. The molecule has 0 aliphatic carbocycles. The average molecular weight is 145 g/mol. The third kappa shape index (κ3) is 1.66. The smallest absolute Gasteiger partial charge is 0.261 e. The van der Waals surface area contributed by atoms with Crippen LogP contribution in [0.2, 0.25) is 0 Å². The molecule has 1 atom stereocenters. The van der Waals surface area contributed by atoms with Crippen LogP contribution < -0.4 is 16.1 Å². The molecule has 4 N–H and O–H groups in total. The maximum Gasteiger partial charge on any atom is 0.261 e. The van der Waals surface area contributed by atoms with Crippen molar-refractivity contribution in [1.29, 1.82) is 0 Å². The van der Waals surface area contributed by atoms with E-state index in [1.165, 1.54) is 0 Å². The quantitative estimate of drug-likeness (QED) is 0.256. The summed E-state index contributed by atoms with van der Waals surface area (Å²) in [6.45, 7) is 2.21. The van der Waals surface area contributed by atoms with Gasteiger partial charge in [0.05, 0.1) is 0 Å². The van der Waals surface area contributed by atoms with Crippen LogP contribution in [-0.2, 0) is 4.79 Å². The van der Waals surface area contributed by atoms with Gasteiger partial charge in [0.25, 0.3) is 5.91 Å². The lowest BCUT2D eigenvalue weighted by molar-refractivity contribution is -0.131. The highest BCUT2D eigenvalue weighted by atomic mass is 16.5. The number of hydroxylamine groups is 1. The molecule has 0 bridgehead atoms. The number of hydrogen-bond acceptors (Lipinski definition) is 4. The van der Waals surface area contributed by atoms with Gasteiger partial charge in [0.15, 0.2) is 0 Å². The first kappa shape index (κ1) is 7.46. The Balaban J connectivity index is 2.31. The number of carbonyl (C=O) groups excluding carboxylic acids is 1. The molecule has 1 rings (SSSR count). The highest BCUT2D eigenvalue weighted by molar-refractivity contribution is 5.80. The fourth-order valence-electron chi connectivity index (χ4n) is 0.917. The van der Waals surface area contributed by atoms with Crippen molar-refractivity contribution in [1.82, 2.24) is 16.1 Å². The summed E-state index contributed by atoms with van der Waals surface area (Å²) in [5.41, 5.74) is 1.59. The van der Waals surface area contributed by atoms with Crippen LogP contribution in [0.25, 0.3) is 0 Å². The van der Waals surface area contributed by atoms with Crippen LogP contribution >= 0.6 is 0 Å². The van der Waals surface area contributed by atoms with Crippen molar-refractivity contribution in [3.8, 4) is 0 Å². The van der Waals surface area contributed by atoms with E-state index in [9.17, 15) is 4.79 Å². The summed E-state index contributed by atoms with van der Waals surface area (Å²) in [6.07, 6.45) is 0. The summed E-state index contributed by atoms with van der Waals surface area (Å²) < 4.78 is 0. The van der Waals surface area contributed by atoms with Gasteiger partial charge in [0.1, 0.15) is 6.04 Å². The van der Waals surface area contributed by atoms with Gasteiger partial charge in [-0.3, -0.25) is 10.0 Å². The van der Waals surface area contributed by atoms with Gasteiger partial charge < -0.3 is 10.6 Å². The van der Waals surface area contributed by atoms with E-state index in [2.05, 4.69) is 10.6 Å². The second kappa shape index (κ2) is 3.50. The van der Waals surface area contributed by atoms with E-state index < -0.39 is 0 Å². The topological polar surface area (TPSA) is 73.4 Å². The lowest BCUT2D eigenvalue weighted by Gasteiger charge is -2.21. The van der Waals surface area contributed by atoms with Crippen molar-refractivity contribution in [3.05, 3.63) is 0 Å². The van der Waals surface area contributed by atoms with Crippen LogP contribution in [0.15, 0.2) is 0 Å². The molecule has 1 aliphatic rings. The molecular weight excluding hydrogens is 134 g/mol. The molecule has 0 radical (unpaired) electrons. The highest BCUT2D eigenvalue weighted by Crippen LogP contribution is 1.85. The molecule has 5 nitrogen and oxygen atoms in total. The van der Waals surface area contributed by atoms with Gasteiger partial charge in [0.2, 0.25) is 0 Å². The molecule has 1 amide bonds. The molecule has 0 spiro atoms. The second-order valence-corrected chi connectivity index (χ2v) is 2.19. The maximum absolute atomic E-state index is 10.7. The van der Waals surface area contributed by atoms with Crippen LogP contribution in [0.4, 0.5) is 0 Å². The van der Waals surface area contributed by atoms with Crippen LogP contribution in [-0.4, -0.2) is 36.8 Å². The molecule has 1 fully saturated rings. The highest BCUT2D eigenvalue weighted by Gasteiger charge is 2.18. The number of hydrogen-bond donors (Lipinski definition) is 4. The third-order valence-electron chi connectivity index (χ3n) is 1.47. The van der Waals surface area contributed by atoms with Gasteiger partial charge in [-0.25, -0.2) is 5.48 Å². The summed E-state index contributed by atoms with van der Waals surface area (Å²) in [4.78, 5) is 10.7. The molecule has 0 aromatic carbocycles. The number of rotatable bonds is 1. The number of piperazine rings is 1. The summed E-state index contributed by atoms with van der Waals surface area (Å²) in [5.74, 6) is -0.382. The molecular formula is C5H11N3O2. The molecule has 0 aromatic rings. The first-order valence-electron chi connectivity index (χ1n) is 3.22. The zero-order chi connectivity index (χ0) is 7.40. The van der Waals surface area contributed by atoms with Gasteiger partial charge in [0, 0.05) is 19.6 Å². The van der Waals surface area contributed by atoms with Gasteiger partial charge >= 0.3 is 0 Å². The molecule has 1 saturated heterocycles. The van der Waals surface area contributed by atoms with Gasteiger partial charge in [-0.1, -0.05) is 0 Å². The van der Waals surface area contributed by atoms with Crippen molar-refractivity contribution >= 4 is 5.91 Å². The van der Waals surface area contributed by atoms with Crippen molar-refractivity contribution in [2.75, 3.05) is 19.6 Å². The van der Waals surface area contributed by atoms with Crippen LogP contribution in [0.3, 0.4) is 0 Å². The third-order valence-corrected chi connectivity index (χ3v) is 1.47. The van der Waals surface area contributed by atoms with Gasteiger partial charge in [-0.2, -0.15) is 0 Å². The Kier molecular flexibility index (Phi) is 2.61. The van der Waals surface area contributed by atoms with Crippen LogP contribution in [0.1, 0.15) is 0 Å². The van der Waals surface area contributed by atoms with E-state index in [1.54, 1.807) is 5.48 Å². The first-order chi connectivity index (χ1) is 4.84. The largest absolute Gasteiger partial charge is 0.313 e. The van der Waals surface area contributed by atoms with Gasteiger partial charge in [-0.15, -0.1) is 0 Å². The summed E-state index contributed by atoms with van der Waals surface area (Å²) >= 11 is 0. The summed E-state index contributed by atoms with van der Waals surface area (Å²) in [5, 5.41) is 14.2. The Hall–Kier alpha value is -0.650. The number of amides is 1. The predicted molar refractivity (Wildman–Crippen MR) is 34.6 cm³/mol. The van der Waals surface area contributed by atoms with Crippen molar-refractivity contribution in [2.24, 2.45) is 0 Å². The Morgan fingerprint density at radius 1 is 1.60 bits per heavy atom. The monoisotopic (exact) mass is 145 g/mol. The fourth-order valence-corrected chi connectivity index (χ4v) is 0.917. The van der Waals surface area contributed by atoms with Crippen LogP contribution in [0, 0.1) is 0 Å². The Labute approximate surface area is 58.8 Å². The SMILES string of the molecule is O=C(NO)C1CNCCN1. The van der Waals surface area contributed by atoms with E-state index in [0.29, 0.717) is 6.54 Å². The minimum atomic E-state index is -0.382. The predicted octanol–water partition coefficient (Wildman–Crippen LogP) is -1.95. The summed E-state index contributed by atoms with van der Waals surface area (Å²) in [6, 6.07) is -0.293. The van der Waals surface area contributed by atoms with E-state index in [-0.39, 0.29) is 11.9 Å². The van der Waals surface area contributed by atoms with Crippen molar-refractivity contribution in [3.63, 3.8) is 0 Å². The Bertz CT molecular complexity index is 122. The zero-order valence-corrected chi connectivity index (χ0v) is 5.55. The fraction of sp³-hybridized carbons (Fsp3) is 0.800. The van der Waals surface area contributed by atoms with Crippen LogP contribution in [0.5, 0.6) is 0 Å². The molecule has 58 valence electrons. The second-order valence-electron chi connectivity index (χ2n) is 2.19. The Morgan fingerprint density at radius 3 is 2.90 bits per heavy atom. The average Bonchev–Trinajstić information content (AvgIpc) is 2.05. The lowest BCUT2D eigenvalue weighted by Crippen LogP contribution is -2.55. The van der Waals surface area contributed by atoms with E-state index >= 15 is 0 Å². The van der Waals surface area contributed by atoms with E-state index in [1.807, 2.05) is 0 Å². The minimum absolute atomic E-state index is 0.293. The maximum atomic E-state index is 10.7. The minimum Gasteiger partial charge on any atom is -0.313 e. The van der Waals surface area contributed by atoms with Gasteiger partial charge in [-0.05, 0) is 0 Å². The molecule has 1 heterocycles. The molecule has 1 unspecified atom stereocenters.